The Morgan fingerprint density at radius 3 is 2.69 bits per heavy atom. The smallest absolute Gasteiger partial charge is 0.251 e. The molecule has 3 N–H and O–H groups in total. The fourth-order valence-corrected chi connectivity index (χ4v) is 4.74. The second-order valence-electron chi connectivity index (χ2n) is 7.42. The summed E-state index contributed by atoms with van der Waals surface area (Å²) in [5.41, 5.74) is 1.38. The molecule has 3 aromatic rings. The molecule has 5 rings (SSSR count). The van der Waals surface area contributed by atoms with Crippen LogP contribution in [0.2, 0.25) is 5.02 Å². The zero-order chi connectivity index (χ0) is 17.9. The van der Waals surface area contributed by atoms with E-state index in [0.717, 1.165) is 16.5 Å². The van der Waals surface area contributed by atoms with Crippen molar-refractivity contribution >= 4 is 28.4 Å². The zero-order valence-corrected chi connectivity index (χ0v) is 14.7. The Morgan fingerprint density at radius 1 is 1.23 bits per heavy atom. The molecule has 4 atom stereocenters. The van der Waals surface area contributed by atoms with Crippen molar-refractivity contribution in [1.29, 1.82) is 0 Å². The first-order chi connectivity index (χ1) is 12.5. The van der Waals surface area contributed by atoms with Gasteiger partial charge in [0, 0.05) is 27.6 Å². The van der Waals surface area contributed by atoms with Crippen molar-refractivity contribution in [3.05, 3.63) is 64.8 Å². The summed E-state index contributed by atoms with van der Waals surface area (Å²) in [5.74, 6) is 0.543. The number of aliphatic hydroxyl groups is 1. The number of hydrogen-bond acceptors (Lipinski definition) is 3. The number of nitrogens with zero attached hydrogens (tertiary/aromatic N) is 1. The SMILES string of the molecule is O=C(N[C@H]1[C@@H]2C[C@@](O)(c3cc(Cl)cc4cn[nH]c34)C[C@@H]21)c1ccccc1. The molecule has 0 bridgehead atoms. The third-order valence-corrected chi connectivity index (χ3v) is 6.05. The molecule has 6 heteroatoms. The quantitative estimate of drug-likeness (QED) is 0.665. The Labute approximate surface area is 155 Å². The number of H-pyrrole nitrogens is 1. The molecule has 0 radical (unpaired) electrons. The van der Waals surface area contributed by atoms with Crippen LogP contribution in [-0.4, -0.2) is 27.3 Å². The molecule has 0 aliphatic heterocycles. The van der Waals surface area contributed by atoms with Crippen LogP contribution in [0.3, 0.4) is 0 Å². The van der Waals surface area contributed by atoms with E-state index in [4.69, 9.17) is 11.6 Å². The molecule has 2 aliphatic carbocycles. The van der Waals surface area contributed by atoms with Gasteiger partial charge in [0.25, 0.3) is 5.91 Å². The number of halogens is 1. The van der Waals surface area contributed by atoms with Crippen LogP contribution < -0.4 is 5.32 Å². The standard InChI is InChI=1S/C20H18ClN3O2/c21-13-6-12-10-22-24-17(12)16(7-13)20(26)8-14-15(9-20)18(14)23-19(25)11-4-2-1-3-5-11/h1-7,10,14-15,18,26H,8-9H2,(H,22,24)(H,23,25)/t14-,15+,18+,20+. The van der Waals surface area contributed by atoms with Gasteiger partial charge in [-0.15, -0.1) is 0 Å². The van der Waals surface area contributed by atoms with Crippen LogP contribution in [0.1, 0.15) is 28.8 Å². The van der Waals surface area contributed by atoms with Gasteiger partial charge in [-0.3, -0.25) is 9.89 Å². The van der Waals surface area contributed by atoms with Gasteiger partial charge in [-0.05, 0) is 48.9 Å². The average Bonchev–Trinajstić information content (AvgIpc) is 3.01. The van der Waals surface area contributed by atoms with Crippen LogP contribution in [0.25, 0.3) is 10.9 Å². The van der Waals surface area contributed by atoms with E-state index in [2.05, 4.69) is 15.5 Å². The lowest BCUT2D eigenvalue weighted by atomic mass is 9.87. The predicted octanol–water partition coefficient (Wildman–Crippen LogP) is 3.24. The molecule has 132 valence electrons. The van der Waals surface area contributed by atoms with Gasteiger partial charge in [-0.25, -0.2) is 0 Å². The third kappa shape index (κ3) is 2.42. The van der Waals surface area contributed by atoms with Gasteiger partial charge in [-0.1, -0.05) is 29.8 Å². The number of nitrogens with one attached hydrogen (secondary N) is 2. The van der Waals surface area contributed by atoms with Crippen LogP contribution in [0.15, 0.2) is 48.7 Å². The van der Waals surface area contributed by atoms with Gasteiger partial charge < -0.3 is 10.4 Å². The highest BCUT2D eigenvalue weighted by molar-refractivity contribution is 6.31. The first-order valence-corrected chi connectivity index (χ1v) is 9.14. The molecule has 1 amide bonds. The lowest BCUT2D eigenvalue weighted by Crippen LogP contribution is -2.33. The van der Waals surface area contributed by atoms with Crippen LogP contribution in [0.5, 0.6) is 0 Å². The molecule has 2 aliphatic rings. The summed E-state index contributed by atoms with van der Waals surface area (Å²) in [6.07, 6.45) is 2.95. The Hall–Kier alpha value is -2.37. The molecule has 2 fully saturated rings. The minimum atomic E-state index is -0.932. The van der Waals surface area contributed by atoms with E-state index in [1.54, 1.807) is 6.20 Å². The van der Waals surface area contributed by atoms with Crippen molar-refractivity contribution in [2.45, 2.75) is 24.5 Å². The summed E-state index contributed by atoms with van der Waals surface area (Å²) in [6, 6.07) is 13.0. The number of aromatic amines is 1. The molecule has 0 saturated heterocycles. The van der Waals surface area contributed by atoms with E-state index in [-0.39, 0.29) is 11.9 Å². The maximum Gasteiger partial charge on any atom is 0.251 e. The number of fused-ring (bicyclic) bond motifs is 2. The molecule has 5 nitrogen and oxygen atoms in total. The first kappa shape index (κ1) is 15.9. The molecule has 2 aromatic carbocycles. The topological polar surface area (TPSA) is 78.0 Å². The van der Waals surface area contributed by atoms with Crippen LogP contribution in [0, 0.1) is 11.8 Å². The van der Waals surface area contributed by atoms with Gasteiger partial charge in [0.2, 0.25) is 0 Å². The van der Waals surface area contributed by atoms with Crippen molar-refractivity contribution in [1.82, 2.24) is 15.5 Å². The monoisotopic (exact) mass is 367 g/mol. The maximum atomic E-state index is 12.3. The van der Waals surface area contributed by atoms with E-state index in [0.29, 0.717) is 35.3 Å². The van der Waals surface area contributed by atoms with Crippen molar-refractivity contribution in [3.8, 4) is 0 Å². The molecule has 1 aromatic heterocycles. The van der Waals surface area contributed by atoms with Crippen LogP contribution in [-0.2, 0) is 5.60 Å². The van der Waals surface area contributed by atoms with Crippen LogP contribution in [0.4, 0.5) is 0 Å². The van der Waals surface area contributed by atoms with Gasteiger partial charge in [0.05, 0.1) is 17.3 Å². The second kappa shape index (κ2) is 5.56. The molecule has 0 unspecified atom stereocenters. The largest absolute Gasteiger partial charge is 0.385 e. The van der Waals surface area contributed by atoms with Gasteiger partial charge in [0.1, 0.15) is 0 Å². The Morgan fingerprint density at radius 2 is 1.96 bits per heavy atom. The fraction of sp³-hybridized carbons (Fsp3) is 0.300. The minimum Gasteiger partial charge on any atom is -0.385 e. The average molecular weight is 368 g/mol. The van der Waals surface area contributed by atoms with E-state index in [9.17, 15) is 9.90 Å². The molecule has 0 spiro atoms. The highest BCUT2D eigenvalue weighted by Crippen LogP contribution is 2.60. The number of amides is 1. The maximum absolute atomic E-state index is 12.3. The molecule has 2 saturated carbocycles. The van der Waals surface area contributed by atoms with Crippen molar-refractivity contribution in [2.75, 3.05) is 0 Å². The number of carbonyl (C=O) groups is 1. The van der Waals surface area contributed by atoms with Gasteiger partial charge in [-0.2, -0.15) is 5.10 Å². The summed E-state index contributed by atoms with van der Waals surface area (Å²) in [6.45, 7) is 0. The normalized spacial score (nSPS) is 29.5. The highest BCUT2D eigenvalue weighted by atomic mass is 35.5. The molecular weight excluding hydrogens is 350 g/mol. The Kier molecular flexibility index (Phi) is 3.39. The number of rotatable bonds is 3. The van der Waals surface area contributed by atoms with E-state index in [1.165, 1.54) is 0 Å². The summed E-state index contributed by atoms with van der Waals surface area (Å²) in [4.78, 5) is 12.3. The number of aromatic nitrogens is 2. The van der Waals surface area contributed by atoms with E-state index < -0.39 is 5.60 Å². The predicted molar refractivity (Wildman–Crippen MR) is 98.9 cm³/mol. The Bertz CT molecular complexity index is 989. The first-order valence-electron chi connectivity index (χ1n) is 8.76. The van der Waals surface area contributed by atoms with Crippen molar-refractivity contribution < 1.29 is 9.90 Å². The minimum absolute atomic E-state index is 0.0488. The van der Waals surface area contributed by atoms with Crippen LogP contribution >= 0.6 is 11.6 Å². The van der Waals surface area contributed by atoms with E-state index in [1.807, 2.05) is 42.5 Å². The lowest BCUT2D eigenvalue weighted by molar-refractivity contribution is 0.0291. The number of hydrogen-bond donors (Lipinski definition) is 3. The number of carbonyl (C=O) groups excluding carboxylic acids is 1. The lowest BCUT2D eigenvalue weighted by Gasteiger charge is -2.27. The van der Waals surface area contributed by atoms with Crippen molar-refractivity contribution in [2.24, 2.45) is 11.8 Å². The third-order valence-electron chi connectivity index (χ3n) is 5.83. The Balaban J connectivity index is 1.34. The number of benzene rings is 2. The summed E-state index contributed by atoms with van der Waals surface area (Å²) < 4.78 is 0. The van der Waals surface area contributed by atoms with Crippen molar-refractivity contribution in [3.63, 3.8) is 0 Å². The van der Waals surface area contributed by atoms with Gasteiger partial charge >= 0.3 is 0 Å². The summed E-state index contributed by atoms with van der Waals surface area (Å²) in [5, 5.41) is 22.9. The summed E-state index contributed by atoms with van der Waals surface area (Å²) >= 11 is 6.22. The molecular formula is C20H18ClN3O2. The molecule has 26 heavy (non-hydrogen) atoms. The summed E-state index contributed by atoms with van der Waals surface area (Å²) in [7, 11) is 0. The van der Waals surface area contributed by atoms with Gasteiger partial charge in [0.15, 0.2) is 0 Å². The highest BCUT2D eigenvalue weighted by Gasteiger charge is 2.62. The van der Waals surface area contributed by atoms with E-state index >= 15 is 0 Å². The zero-order valence-electron chi connectivity index (χ0n) is 13.9. The second-order valence-corrected chi connectivity index (χ2v) is 7.86. The molecule has 1 heterocycles. The fourth-order valence-electron chi connectivity index (χ4n) is 4.51.